The molecule has 102 valence electrons. The molecule has 0 aliphatic heterocycles. The van der Waals surface area contributed by atoms with Gasteiger partial charge < -0.3 is 10.8 Å². The zero-order valence-corrected chi connectivity index (χ0v) is 11.0. The van der Waals surface area contributed by atoms with Crippen LogP contribution < -0.4 is 5.73 Å². The molecule has 0 fully saturated rings. The summed E-state index contributed by atoms with van der Waals surface area (Å²) in [5, 5.41) is 9.13. The Labute approximate surface area is 116 Å². The molecule has 0 spiro atoms. The number of rotatable bonds is 4. The van der Waals surface area contributed by atoms with Gasteiger partial charge in [-0.2, -0.15) is 0 Å². The minimum Gasteiger partial charge on any atom is -0.480 e. The van der Waals surface area contributed by atoms with Gasteiger partial charge in [0.2, 0.25) is 0 Å². The van der Waals surface area contributed by atoms with E-state index in [1.165, 1.54) is 13.0 Å². The molecule has 1 unspecified atom stereocenters. The smallest absolute Gasteiger partial charge is 0.328 e. The zero-order valence-electron chi connectivity index (χ0n) is 11.0. The maximum atomic E-state index is 12.3. The lowest BCUT2D eigenvalue weighted by atomic mass is 9.90. The van der Waals surface area contributed by atoms with Crippen molar-refractivity contribution in [2.75, 3.05) is 0 Å². The van der Waals surface area contributed by atoms with E-state index in [-0.39, 0.29) is 5.78 Å². The van der Waals surface area contributed by atoms with E-state index >= 15 is 0 Å². The quantitative estimate of drug-likeness (QED) is 0.834. The highest BCUT2D eigenvalue weighted by molar-refractivity contribution is 6.09. The second kappa shape index (κ2) is 5.27. The molecule has 4 heteroatoms. The van der Waals surface area contributed by atoms with Gasteiger partial charge in [0.1, 0.15) is 5.54 Å². The lowest BCUT2D eigenvalue weighted by Gasteiger charge is -2.20. The summed E-state index contributed by atoms with van der Waals surface area (Å²) in [6.07, 6.45) is 0. The molecule has 0 saturated carbocycles. The summed E-state index contributed by atoms with van der Waals surface area (Å²) in [4.78, 5) is 23.5. The Morgan fingerprint density at radius 1 is 1.00 bits per heavy atom. The highest BCUT2D eigenvalue weighted by Gasteiger charge is 2.30. The van der Waals surface area contributed by atoms with Crippen molar-refractivity contribution in [2.24, 2.45) is 5.73 Å². The molecule has 0 amide bonds. The standard InChI is InChI=1S/C16H15NO3/c1-16(17,15(19)20)13-9-5-8-12(10-13)14(18)11-6-3-2-4-7-11/h2-10H,17H2,1H3,(H,19,20). The van der Waals surface area contributed by atoms with Crippen LogP contribution in [0, 0.1) is 0 Å². The Bertz CT molecular complexity index is 648. The Hall–Kier alpha value is -2.46. The van der Waals surface area contributed by atoms with Gasteiger partial charge in [0, 0.05) is 11.1 Å². The second-order valence-electron chi connectivity index (χ2n) is 4.78. The van der Waals surface area contributed by atoms with Gasteiger partial charge in [0.15, 0.2) is 5.78 Å². The summed E-state index contributed by atoms with van der Waals surface area (Å²) >= 11 is 0. The first-order valence-electron chi connectivity index (χ1n) is 6.15. The first kappa shape index (κ1) is 14.0. The summed E-state index contributed by atoms with van der Waals surface area (Å²) in [6.45, 7) is 1.40. The van der Waals surface area contributed by atoms with Gasteiger partial charge in [0.05, 0.1) is 0 Å². The topological polar surface area (TPSA) is 80.4 Å². The van der Waals surface area contributed by atoms with Crippen LogP contribution in [0.25, 0.3) is 0 Å². The van der Waals surface area contributed by atoms with Crippen molar-refractivity contribution in [2.45, 2.75) is 12.5 Å². The molecule has 0 heterocycles. The summed E-state index contributed by atoms with van der Waals surface area (Å²) in [6, 6.07) is 15.2. The van der Waals surface area contributed by atoms with Crippen molar-refractivity contribution in [1.82, 2.24) is 0 Å². The molecular formula is C16H15NO3. The van der Waals surface area contributed by atoms with E-state index in [2.05, 4.69) is 0 Å². The molecule has 20 heavy (non-hydrogen) atoms. The van der Waals surface area contributed by atoms with Crippen LogP contribution in [0.15, 0.2) is 54.6 Å². The highest BCUT2D eigenvalue weighted by atomic mass is 16.4. The largest absolute Gasteiger partial charge is 0.480 e. The van der Waals surface area contributed by atoms with E-state index in [1.54, 1.807) is 42.5 Å². The van der Waals surface area contributed by atoms with Gasteiger partial charge in [-0.1, -0.05) is 48.5 Å². The summed E-state index contributed by atoms with van der Waals surface area (Å²) in [7, 11) is 0. The van der Waals surface area contributed by atoms with Crippen molar-refractivity contribution >= 4 is 11.8 Å². The van der Waals surface area contributed by atoms with Crippen molar-refractivity contribution in [1.29, 1.82) is 0 Å². The number of carbonyl (C=O) groups excluding carboxylic acids is 1. The number of benzene rings is 2. The first-order valence-corrected chi connectivity index (χ1v) is 6.15. The molecule has 4 nitrogen and oxygen atoms in total. The van der Waals surface area contributed by atoms with Crippen LogP contribution in [0.1, 0.15) is 28.4 Å². The van der Waals surface area contributed by atoms with Gasteiger partial charge in [-0.25, -0.2) is 4.79 Å². The first-order chi connectivity index (χ1) is 9.43. The second-order valence-corrected chi connectivity index (χ2v) is 4.78. The molecule has 0 radical (unpaired) electrons. The van der Waals surface area contributed by atoms with Crippen LogP contribution >= 0.6 is 0 Å². The minimum atomic E-state index is -1.52. The monoisotopic (exact) mass is 269 g/mol. The third-order valence-electron chi connectivity index (χ3n) is 3.20. The van der Waals surface area contributed by atoms with E-state index in [4.69, 9.17) is 10.8 Å². The Morgan fingerprint density at radius 2 is 1.60 bits per heavy atom. The maximum absolute atomic E-state index is 12.3. The third-order valence-corrected chi connectivity index (χ3v) is 3.20. The molecule has 3 N–H and O–H groups in total. The molecule has 2 aromatic carbocycles. The molecule has 0 aromatic heterocycles. The van der Waals surface area contributed by atoms with E-state index in [0.29, 0.717) is 16.7 Å². The Kier molecular flexibility index (Phi) is 3.68. The number of nitrogens with two attached hydrogens (primary N) is 1. The average molecular weight is 269 g/mol. The van der Waals surface area contributed by atoms with Crippen LogP contribution in [0.4, 0.5) is 0 Å². The van der Waals surface area contributed by atoms with Crippen molar-refractivity contribution < 1.29 is 14.7 Å². The van der Waals surface area contributed by atoms with E-state index in [9.17, 15) is 9.59 Å². The molecule has 0 aliphatic carbocycles. The van der Waals surface area contributed by atoms with Crippen molar-refractivity contribution in [3.8, 4) is 0 Å². The highest BCUT2D eigenvalue weighted by Crippen LogP contribution is 2.20. The SMILES string of the molecule is CC(N)(C(=O)O)c1cccc(C(=O)c2ccccc2)c1. The molecule has 2 rings (SSSR count). The lowest BCUT2D eigenvalue weighted by Crippen LogP contribution is -2.41. The van der Waals surface area contributed by atoms with Gasteiger partial charge in [-0.15, -0.1) is 0 Å². The van der Waals surface area contributed by atoms with E-state index < -0.39 is 11.5 Å². The number of hydrogen-bond donors (Lipinski definition) is 2. The average Bonchev–Trinajstić information content (AvgIpc) is 2.47. The van der Waals surface area contributed by atoms with Crippen LogP contribution in [0.5, 0.6) is 0 Å². The summed E-state index contributed by atoms with van der Waals surface area (Å²) < 4.78 is 0. The number of carboxylic acids is 1. The van der Waals surface area contributed by atoms with Crippen molar-refractivity contribution in [3.63, 3.8) is 0 Å². The van der Waals surface area contributed by atoms with E-state index in [0.717, 1.165) is 0 Å². The van der Waals surface area contributed by atoms with E-state index in [1.807, 2.05) is 6.07 Å². The Balaban J connectivity index is 2.41. The maximum Gasteiger partial charge on any atom is 0.328 e. The molecule has 0 bridgehead atoms. The fourth-order valence-electron chi connectivity index (χ4n) is 1.86. The minimum absolute atomic E-state index is 0.159. The lowest BCUT2D eigenvalue weighted by molar-refractivity contribution is -0.143. The Morgan fingerprint density at radius 3 is 2.20 bits per heavy atom. The van der Waals surface area contributed by atoms with Gasteiger partial charge in [-0.3, -0.25) is 4.79 Å². The number of ketones is 1. The third kappa shape index (κ3) is 2.60. The number of hydrogen-bond acceptors (Lipinski definition) is 3. The van der Waals surface area contributed by atoms with Crippen LogP contribution in [0.2, 0.25) is 0 Å². The normalized spacial score (nSPS) is 13.5. The predicted molar refractivity (Wildman–Crippen MR) is 75.5 cm³/mol. The zero-order chi connectivity index (χ0) is 14.8. The van der Waals surface area contributed by atoms with Crippen LogP contribution in [0.3, 0.4) is 0 Å². The predicted octanol–water partition coefficient (Wildman–Crippen LogP) is 2.18. The fraction of sp³-hybridized carbons (Fsp3) is 0.125. The molecule has 2 aromatic rings. The molecular weight excluding hydrogens is 254 g/mol. The molecule has 0 saturated heterocycles. The van der Waals surface area contributed by atoms with Gasteiger partial charge >= 0.3 is 5.97 Å². The number of carboxylic acid groups (broad SMARTS) is 1. The molecule has 1 atom stereocenters. The van der Waals surface area contributed by atoms with Crippen LogP contribution in [-0.2, 0) is 10.3 Å². The van der Waals surface area contributed by atoms with Gasteiger partial charge in [-0.05, 0) is 18.6 Å². The van der Waals surface area contributed by atoms with Crippen LogP contribution in [-0.4, -0.2) is 16.9 Å². The molecule has 0 aliphatic rings. The summed E-state index contributed by atoms with van der Waals surface area (Å²) in [5.74, 6) is -1.30. The van der Waals surface area contributed by atoms with Crippen molar-refractivity contribution in [3.05, 3.63) is 71.3 Å². The number of aliphatic carboxylic acids is 1. The number of carbonyl (C=O) groups is 2. The fourth-order valence-corrected chi connectivity index (χ4v) is 1.86. The summed E-state index contributed by atoms with van der Waals surface area (Å²) in [5.41, 5.74) is 5.63. The van der Waals surface area contributed by atoms with Gasteiger partial charge in [0.25, 0.3) is 0 Å².